The summed E-state index contributed by atoms with van der Waals surface area (Å²) in [6.45, 7) is 19.4. The third-order valence-electron chi connectivity index (χ3n) is 6.54. The maximum atomic E-state index is 9.99. The van der Waals surface area contributed by atoms with Crippen molar-refractivity contribution in [1.82, 2.24) is 0 Å². The molecule has 2 rings (SSSR count). The van der Waals surface area contributed by atoms with Crippen LogP contribution in [0.1, 0.15) is 48.5 Å². The Balaban J connectivity index is 2.54. The van der Waals surface area contributed by atoms with E-state index in [9.17, 15) is 5.26 Å². The van der Waals surface area contributed by atoms with Gasteiger partial charge in [-0.2, -0.15) is 5.26 Å². The van der Waals surface area contributed by atoms with Crippen molar-refractivity contribution in [3.8, 4) is 6.07 Å². The van der Waals surface area contributed by atoms with E-state index in [1.54, 1.807) is 12.3 Å². The molecule has 0 bridgehead atoms. The summed E-state index contributed by atoms with van der Waals surface area (Å²) in [4.78, 5) is 0. The summed E-state index contributed by atoms with van der Waals surface area (Å²) >= 11 is 0. The maximum absolute atomic E-state index is 9.99. The van der Waals surface area contributed by atoms with Crippen molar-refractivity contribution < 1.29 is 8.85 Å². The molecule has 0 aliphatic rings. The zero-order valence-corrected chi connectivity index (χ0v) is 23.2. The van der Waals surface area contributed by atoms with E-state index in [-0.39, 0.29) is 10.1 Å². The Hall–Kier alpha value is -2.14. The van der Waals surface area contributed by atoms with Gasteiger partial charge in [0.25, 0.3) is 0 Å². The molecule has 0 aliphatic heterocycles. The second kappa shape index (κ2) is 9.39. The van der Waals surface area contributed by atoms with Crippen LogP contribution in [0.3, 0.4) is 0 Å². The predicted octanol–water partition coefficient (Wildman–Crippen LogP) is 6.38. The van der Waals surface area contributed by atoms with Crippen molar-refractivity contribution in [2.24, 2.45) is 0 Å². The molecule has 2 aromatic rings. The summed E-state index contributed by atoms with van der Waals surface area (Å²) in [5.41, 5.74) is -1.05. The van der Waals surface area contributed by atoms with Crippen LogP contribution in [0, 0.1) is 11.3 Å². The SMILES string of the molecule is CC(C#N)(/C=C/O[Si](c1ccccc1)(c1ccccc1)C(C)(C)C)O[Si](C)(C)C(C)(C)C. The van der Waals surface area contributed by atoms with E-state index in [4.69, 9.17) is 8.85 Å². The summed E-state index contributed by atoms with van der Waals surface area (Å²) < 4.78 is 13.3. The molecule has 0 N–H and O–H groups in total. The van der Waals surface area contributed by atoms with E-state index in [2.05, 4.69) is 109 Å². The number of nitrogens with zero attached hydrogens (tertiary/aromatic N) is 1. The molecule has 5 heteroatoms. The Morgan fingerprint density at radius 1 is 0.750 bits per heavy atom. The Bertz CT molecular complexity index is 912. The minimum atomic E-state index is -2.70. The minimum Gasteiger partial charge on any atom is -0.540 e. The molecule has 1 unspecified atom stereocenters. The molecule has 172 valence electrons. The largest absolute Gasteiger partial charge is 0.540 e. The zero-order chi connectivity index (χ0) is 24.3. The number of rotatable bonds is 7. The topological polar surface area (TPSA) is 42.2 Å². The van der Waals surface area contributed by atoms with Crippen molar-refractivity contribution in [2.75, 3.05) is 0 Å². The standard InChI is InChI=1S/C27H39NO2Si2/c1-25(2,3)31(8,9)30-27(7,22-28)20-21-29-32(26(4,5)6,23-16-12-10-13-17-23)24-18-14-11-15-19-24/h10-21H,1-9H3/b21-20+. The third kappa shape index (κ3) is 5.43. The van der Waals surface area contributed by atoms with Crippen LogP contribution in [0.4, 0.5) is 0 Å². The third-order valence-corrected chi connectivity index (χ3v) is 16.0. The fourth-order valence-corrected chi connectivity index (χ4v) is 9.50. The van der Waals surface area contributed by atoms with Crippen molar-refractivity contribution >= 4 is 27.0 Å². The number of nitriles is 1. The van der Waals surface area contributed by atoms with E-state index >= 15 is 0 Å². The molecule has 2 aromatic carbocycles. The van der Waals surface area contributed by atoms with Crippen LogP contribution in [0.2, 0.25) is 23.2 Å². The molecule has 0 amide bonds. The Morgan fingerprint density at radius 2 is 1.19 bits per heavy atom. The smallest absolute Gasteiger partial charge is 0.319 e. The molecule has 0 fully saturated rings. The monoisotopic (exact) mass is 465 g/mol. The highest BCUT2D eigenvalue weighted by atomic mass is 28.4. The van der Waals surface area contributed by atoms with Gasteiger partial charge in [0.15, 0.2) is 13.9 Å². The van der Waals surface area contributed by atoms with E-state index in [0.29, 0.717) is 0 Å². The zero-order valence-electron chi connectivity index (χ0n) is 21.2. The molecular formula is C27H39NO2Si2. The molecule has 32 heavy (non-hydrogen) atoms. The molecule has 0 spiro atoms. The normalized spacial score (nSPS) is 15.2. The van der Waals surface area contributed by atoms with Gasteiger partial charge >= 0.3 is 8.32 Å². The average molecular weight is 466 g/mol. The first-order valence-electron chi connectivity index (χ1n) is 11.3. The highest BCUT2D eigenvalue weighted by molar-refractivity contribution is 6.99. The number of hydrogen-bond donors (Lipinski definition) is 0. The van der Waals surface area contributed by atoms with Crippen LogP contribution in [-0.4, -0.2) is 22.2 Å². The van der Waals surface area contributed by atoms with Crippen LogP contribution in [-0.2, 0) is 8.85 Å². The van der Waals surface area contributed by atoms with Gasteiger partial charge in [0, 0.05) is 0 Å². The summed E-state index contributed by atoms with van der Waals surface area (Å²) in [5, 5.41) is 12.3. The lowest BCUT2D eigenvalue weighted by Crippen LogP contribution is -2.65. The lowest BCUT2D eigenvalue weighted by atomic mass is 10.1. The maximum Gasteiger partial charge on any atom is 0.319 e. The molecule has 0 saturated heterocycles. The summed E-state index contributed by atoms with van der Waals surface area (Å²) in [6.07, 6.45) is 3.53. The highest BCUT2D eigenvalue weighted by Gasteiger charge is 2.51. The van der Waals surface area contributed by atoms with Crippen LogP contribution in [0.15, 0.2) is 73.0 Å². The van der Waals surface area contributed by atoms with Crippen LogP contribution in [0.5, 0.6) is 0 Å². The Labute approximate surface area is 197 Å². The lowest BCUT2D eigenvalue weighted by Gasteiger charge is -2.42. The van der Waals surface area contributed by atoms with Crippen molar-refractivity contribution in [3.63, 3.8) is 0 Å². The molecule has 1 atom stereocenters. The van der Waals surface area contributed by atoms with Gasteiger partial charge in [-0.25, -0.2) is 0 Å². The molecule has 3 nitrogen and oxygen atoms in total. The molecule has 0 aromatic heterocycles. The first-order valence-corrected chi connectivity index (χ1v) is 16.1. The van der Waals surface area contributed by atoms with Crippen LogP contribution in [0.25, 0.3) is 0 Å². The van der Waals surface area contributed by atoms with Gasteiger partial charge < -0.3 is 8.85 Å². The first-order chi connectivity index (χ1) is 14.7. The van der Waals surface area contributed by atoms with Crippen LogP contribution >= 0.6 is 0 Å². The predicted molar refractivity (Wildman–Crippen MR) is 140 cm³/mol. The highest BCUT2D eigenvalue weighted by Crippen LogP contribution is 2.40. The van der Waals surface area contributed by atoms with Crippen molar-refractivity contribution in [1.29, 1.82) is 5.26 Å². The summed E-state index contributed by atoms with van der Waals surface area (Å²) in [6, 6.07) is 23.4. The van der Waals surface area contributed by atoms with Gasteiger partial charge in [-0.3, -0.25) is 0 Å². The van der Waals surface area contributed by atoms with Crippen LogP contribution < -0.4 is 10.4 Å². The molecule has 0 saturated carbocycles. The minimum absolute atomic E-state index is 0.0117. The van der Waals surface area contributed by atoms with E-state index in [0.717, 1.165) is 0 Å². The average Bonchev–Trinajstić information content (AvgIpc) is 2.70. The fraction of sp³-hybridized carbons (Fsp3) is 0.444. The molecule has 0 aliphatic carbocycles. The van der Waals surface area contributed by atoms with Gasteiger partial charge in [-0.05, 0) is 46.5 Å². The second-order valence-corrected chi connectivity index (χ2v) is 20.1. The van der Waals surface area contributed by atoms with Gasteiger partial charge in [-0.15, -0.1) is 0 Å². The van der Waals surface area contributed by atoms with E-state index in [1.165, 1.54) is 10.4 Å². The summed E-state index contributed by atoms with van der Waals surface area (Å²) in [7, 11) is -4.84. The lowest BCUT2D eigenvalue weighted by molar-refractivity contribution is 0.175. The Morgan fingerprint density at radius 3 is 1.53 bits per heavy atom. The molecule has 0 heterocycles. The number of hydrogen-bond acceptors (Lipinski definition) is 3. The van der Waals surface area contributed by atoms with E-state index < -0.39 is 22.2 Å². The van der Waals surface area contributed by atoms with Crippen molar-refractivity contribution in [3.05, 3.63) is 73.0 Å². The number of benzene rings is 2. The van der Waals surface area contributed by atoms with Gasteiger partial charge in [-0.1, -0.05) is 102 Å². The first kappa shape index (κ1) is 26.1. The Kier molecular flexibility index (Phi) is 7.66. The summed E-state index contributed by atoms with van der Waals surface area (Å²) in [5.74, 6) is 0. The molecular weight excluding hydrogens is 426 g/mol. The molecule has 0 radical (unpaired) electrons. The van der Waals surface area contributed by atoms with E-state index in [1.807, 2.05) is 19.1 Å². The van der Waals surface area contributed by atoms with Gasteiger partial charge in [0.2, 0.25) is 0 Å². The second-order valence-electron chi connectivity index (χ2n) is 11.2. The fourth-order valence-electron chi connectivity index (χ4n) is 3.73. The van der Waals surface area contributed by atoms with Crippen molar-refractivity contribution in [2.45, 2.75) is 77.2 Å². The quantitative estimate of drug-likeness (QED) is 0.352. The van der Waals surface area contributed by atoms with Gasteiger partial charge in [0.1, 0.15) is 6.07 Å². The van der Waals surface area contributed by atoms with Gasteiger partial charge in [0.05, 0.1) is 6.26 Å².